The number of carbonyl (C=O) groups excluding carboxylic acids is 2. The first kappa shape index (κ1) is 18.7. The average Bonchev–Trinajstić information content (AvgIpc) is 3.27. The minimum Gasteiger partial charge on any atom is -0.367 e. The molecule has 3 aromatic rings. The van der Waals surface area contributed by atoms with E-state index in [1.54, 1.807) is 0 Å². The van der Waals surface area contributed by atoms with E-state index in [-0.39, 0.29) is 5.82 Å². The Bertz CT molecular complexity index is 984. The van der Waals surface area contributed by atoms with Crippen molar-refractivity contribution in [3.63, 3.8) is 0 Å². The van der Waals surface area contributed by atoms with Crippen LogP contribution in [0.1, 0.15) is 16.7 Å². The summed E-state index contributed by atoms with van der Waals surface area (Å²) >= 11 is 0. The van der Waals surface area contributed by atoms with Crippen LogP contribution in [0.25, 0.3) is 0 Å². The Balaban J connectivity index is 1.26. The molecule has 29 heavy (non-hydrogen) atoms. The summed E-state index contributed by atoms with van der Waals surface area (Å²) in [6.45, 7) is 2.31. The summed E-state index contributed by atoms with van der Waals surface area (Å²) in [5, 5.41) is 8.51. The molecule has 0 aliphatic carbocycles. The number of carbonyl (C=O) groups is 2. The fraction of sp³-hybridized carbons (Fsp3) is 0.227. The molecule has 4 rings (SSSR count). The predicted octanol–water partition coefficient (Wildman–Crippen LogP) is 2.53. The largest absolute Gasteiger partial charge is 0.367 e. The molecule has 0 radical (unpaired) electrons. The minimum atomic E-state index is -0.764. The van der Waals surface area contributed by atoms with E-state index in [0.717, 1.165) is 25.1 Å². The lowest BCUT2D eigenvalue weighted by atomic mass is 9.99. The van der Waals surface area contributed by atoms with Gasteiger partial charge in [-0.2, -0.15) is 0 Å². The van der Waals surface area contributed by atoms with Gasteiger partial charge in [-0.15, -0.1) is 0 Å². The van der Waals surface area contributed by atoms with Gasteiger partial charge >= 0.3 is 11.8 Å². The van der Waals surface area contributed by atoms with Crippen molar-refractivity contribution in [2.45, 2.75) is 19.4 Å². The molecule has 0 atom stereocenters. The Kier molecular flexibility index (Phi) is 5.56. The van der Waals surface area contributed by atoms with Crippen molar-refractivity contribution in [2.75, 3.05) is 23.3 Å². The van der Waals surface area contributed by atoms with Crippen molar-refractivity contribution >= 4 is 23.3 Å². The summed E-state index contributed by atoms with van der Waals surface area (Å²) < 4.78 is 4.60. The van der Waals surface area contributed by atoms with Crippen LogP contribution in [0.3, 0.4) is 0 Å². The molecule has 1 aliphatic heterocycles. The summed E-state index contributed by atoms with van der Waals surface area (Å²) in [6, 6.07) is 18.4. The first-order valence-corrected chi connectivity index (χ1v) is 9.59. The minimum absolute atomic E-state index is 0.209. The zero-order valence-electron chi connectivity index (χ0n) is 15.9. The van der Waals surface area contributed by atoms with Gasteiger partial charge in [0.2, 0.25) is 0 Å². The van der Waals surface area contributed by atoms with Gasteiger partial charge in [0.05, 0.1) is 0 Å². The van der Waals surface area contributed by atoms with Gasteiger partial charge in [-0.25, -0.2) is 0 Å². The number of hydrogen-bond donors (Lipinski definition) is 2. The van der Waals surface area contributed by atoms with E-state index in [9.17, 15) is 9.59 Å². The van der Waals surface area contributed by atoms with Crippen LogP contribution < -0.4 is 15.5 Å². The number of nitrogens with one attached hydrogen (secondary N) is 2. The number of amides is 2. The van der Waals surface area contributed by atoms with Crippen LogP contribution in [0.4, 0.5) is 11.5 Å². The summed E-state index contributed by atoms with van der Waals surface area (Å²) in [5.41, 5.74) is 5.11. The second-order valence-corrected chi connectivity index (χ2v) is 6.95. The summed E-state index contributed by atoms with van der Waals surface area (Å²) in [6.07, 6.45) is 3.02. The molecule has 0 spiro atoms. The van der Waals surface area contributed by atoms with E-state index in [4.69, 9.17) is 0 Å². The fourth-order valence-corrected chi connectivity index (χ4v) is 3.44. The Morgan fingerprint density at radius 2 is 1.79 bits per heavy atom. The molecule has 0 bridgehead atoms. The molecule has 148 valence electrons. The van der Waals surface area contributed by atoms with Crippen molar-refractivity contribution in [2.24, 2.45) is 0 Å². The van der Waals surface area contributed by atoms with Crippen LogP contribution in [0.2, 0.25) is 0 Å². The maximum absolute atomic E-state index is 11.8. The van der Waals surface area contributed by atoms with Gasteiger partial charge in [0.15, 0.2) is 5.82 Å². The topological polar surface area (TPSA) is 87.5 Å². The van der Waals surface area contributed by atoms with Crippen molar-refractivity contribution in [3.8, 4) is 0 Å². The van der Waals surface area contributed by atoms with Gasteiger partial charge in [0.1, 0.15) is 6.26 Å². The van der Waals surface area contributed by atoms with Gasteiger partial charge < -0.3 is 14.7 Å². The van der Waals surface area contributed by atoms with E-state index in [1.165, 1.54) is 29.1 Å². The maximum atomic E-state index is 11.8. The van der Waals surface area contributed by atoms with Gasteiger partial charge in [0, 0.05) is 31.4 Å². The third-order valence-electron chi connectivity index (χ3n) is 5.02. The maximum Gasteiger partial charge on any atom is 0.314 e. The van der Waals surface area contributed by atoms with Gasteiger partial charge in [-0.05, 0) is 41.7 Å². The molecular formula is C22H22N4O3. The van der Waals surface area contributed by atoms with Crippen LogP contribution in [-0.2, 0) is 29.0 Å². The zero-order chi connectivity index (χ0) is 20.1. The molecule has 2 amide bonds. The molecule has 7 nitrogen and oxygen atoms in total. The summed E-state index contributed by atoms with van der Waals surface area (Å²) in [4.78, 5) is 26.0. The lowest BCUT2D eigenvalue weighted by Crippen LogP contribution is -2.36. The van der Waals surface area contributed by atoms with E-state index in [0.29, 0.717) is 13.0 Å². The van der Waals surface area contributed by atoms with E-state index < -0.39 is 11.8 Å². The average molecular weight is 390 g/mol. The number of hydrogen-bond acceptors (Lipinski definition) is 5. The number of aromatic nitrogens is 1. The smallest absolute Gasteiger partial charge is 0.314 e. The van der Waals surface area contributed by atoms with Crippen LogP contribution in [-0.4, -0.2) is 30.1 Å². The number of anilines is 2. The highest BCUT2D eigenvalue weighted by Gasteiger charge is 2.16. The Morgan fingerprint density at radius 3 is 2.55 bits per heavy atom. The molecule has 0 fully saturated rings. The Morgan fingerprint density at radius 1 is 1.00 bits per heavy atom. The molecule has 1 aliphatic rings. The molecule has 2 heterocycles. The van der Waals surface area contributed by atoms with Crippen molar-refractivity contribution in [3.05, 3.63) is 77.6 Å². The monoisotopic (exact) mass is 390 g/mol. The highest BCUT2D eigenvalue weighted by Crippen LogP contribution is 2.24. The third kappa shape index (κ3) is 4.63. The summed E-state index contributed by atoms with van der Waals surface area (Å²) in [5.74, 6) is -1.25. The highest BCUT2D eigenvalue weighted by atomic mass is 16.5. The zero-order valence-corrected chi connectivity index (χ0v) is 15.9. The second kappa shape index (κ2) is 8.60. The van der Waals surface area contributed by atoms with Crippen LogP contribution in [0.15, 0.2) is 65.4 Å². The van der Waals surface area contributed by atoms with Crippen LogP contribution in [0, 0.1) is 0 Å². The highest BCUT2D eigenvalue weighted by molar-refractivity contribution is 6.39. The predicted molar refractivity (Wildman–Crippen MR) is 109 cm³/mol. The standard InChI is InChI=1S/C22H22N4O3/c27-21(22(28)24-20-11-14-29-25-20)23-12-9-16-5-7-19(8-6-16)26-13-10-17-3-1-2-4-18(17)15-26/h1-8,11,14H,9-10,12-13,15H2,(H,23,27)(H,24,25,28). The third-order valence-corrected chi connectivity index (χ3v) is 5.02. The van der Waals surface area contributed by atoms with Crippen LogP contribution >= 0.6 is 0 Å². The Labute approximate surface area is 168 Å². The lowest BCUT2D eigenvalue weighted by Gasteiger charge is -2.30. The number of rotatable bonds is 5. The SMILES string of the molecule is O=C(NCCc1ccc(N2CCc3ccccc3C2)cc1)C(=O)Nc1ccon1. The number of fused-ring (bicyclic) bond motifs is 1. The normalized spacial score (nSPS) is 12.9. The molecule has 2 aromatic carbocycles. The quantitative estimate of drug-likeness (QED) is 0.654. The molecule has 1 aromatic heterocycles. The Hall–Kier alpha value is -3.61. The first-order chi connectivity index (χ1) is 14.2. The van der Waals surface area contributed by atoms with Gasteiger partial charge in [-0.3, -0.25) is 14.9 Å². The van der Waals surface area contributed by atoms with Crippen LogP contribution in [0.5, 0.6) is 0 Å². The molecular weight excluding hydrogens is 368 g/mol. The van der Waals surface area contributed by atoms with Crippen molar-refractivity contribution < 1.29 is 14.1 Å². The molecule has 0 saturated heterocycles. The van der Waals surface area contributed by atoms with E-state index in [1.807, 2.05) is 0 Å². The molecule has 0 saturated carbocycles. The van der Waals surface area contributed by atoms with E-state index in [2.05, 4.69) is 73.7 Å². The summed E-state index contributed by atoms with van der Waals surface area (Å²) in [7, 11) is 0. The molecule has 7 heteroatoms. The van der Waals surface area contributed by atoms with Crippen molar-refractivity contribution in [1.29, 1.82) is 0 Å². The molecule has 2 N–H and O–H groups in total. The van der Waals surface area contributed by atoms with Gasteiger partial charge in [0.25, 0.3) is 0 Å². The second-order valence-electron chi connectivity index (χ2n) is 6.95. The molecule has 0 unspecified atom stereocenters. The lowest BCUT2D eigenvalue weighted by molar-refractivity contribution is -0.136. The van der Waals surface area contributed by atoms with Crippen molar-refractivity contribution in [1.82, 2.24) is 10.5 Å². The fourth-order valence-electron chi connectivity index (χ4n) is 3.44. The van der Waals surface area contributed by atoms with Gasteiger partial charge in [-0.1, -0.05) is 41.6 Å². The number of benzene rings is 2. The number of nitrogens with zero attached hydrogens (tertiary/aromatic N) is 2. The van der Waals surface area contributed by atoms with E-state index >= 15 is 0 Å². The first-order valence-electron chi connectivity index (χ1n) is 9.59.